The van der Waals surface area contributed by atoms with Crippen molar-refractivity contribution < 1.29 is 17.9 Å². The van der Waals surface area contributed by atoms with Crippen molar-refractivity contribution in [1.29, 1.82) is 0 Å². The molecule has 0 aliphatic rings. The number of nitrogens with zero attached hydrogens (tertiary/aromatic N) is 1. The highest BCUT2D eigenvalue weighted by atomic mass is 32.2. The molecule has 1 atom stereocenters. The molecule has 2 aromatic rings. The van der Waals surface area contributed by atoms with Gasteiger partial charge in [-0.25, -0.2) is 12.7 Å². The second kappa shape index (κ2) is 8.83. The van der Waals surface area contributed by atoms with Crippen LogP contribution in [0.4, 0.5) is 0 Å². The van der Waals surface area contributed by atoms with Crippen molar-refractivity contribution in [3.63, 3.8) is 0 Å². The summed E-state index contributed by atoms with van der Waals surface area (Å²) in [5.74, 6) is -0.0119. The maximum atomic E-state index is 12.4. The molecule has 0 fully saturated rings. The minimum atomic E-state index is -3.66. The van der Waals surface area contributed by atoms with Gasteiger partial charge in [0.1, 0.15) is 10.6 Å². The second-order valence-corrected chi connectivity index (χ2v) is 8.29. The first-order chi connectivity index (χ1) is 12.8. The first-order valence-electron chi connectivity index (χ1n) is 8.40. The minimum Gasteiger partial charge on any atom is -0.495 e. The van der Waals surface area contributed by atoms with Crippen LogP contribution in [-0.2, 0) is 14.8 Å². The van der Waals surface area contributed by atoms with E-state index in [0.29, 0.717) is 5.56 Å². The monoisotopic (exact) mass is 388 g/mol. The van der Waals surface area contributed by atoms with E-state index in [4.69, 9.17) is 4.74 Å². The summed E-state index contributed by atoms with van der Waals surface area (Å²) in [6.45, 7) is 1.90. The second-order valence-electron chi connectivity index (χ2n) is 6.17. The highest BCUT2D eigenvalue weighted by molar-refractivity contribution is 7.89. The molecule has 0 saturated carbocycles. The van der Waals surface area contributed by atoms with E-state index in [2.05, 4.69) is 5.32 Å². The minimum absolute atomic E-state index is 0.0511. The molecule has 0 radical (unpaired) electrons. The molecule has 2 rings (SSSR count). The smallest absolute Gasteiger partial charge is 0.246 e. The third-order valence-corrected chi connectivity index (χ3v) is 5.87. The molecule has 27 heavy (non-hydrogen) atoms. The molecule has 144 valence electrons. The van der Waals surface area contributed by atoms with E-state index >= 15 is 0 Å². The third-order valence-electron chi connectivity index (χ3n) is 4.03. The van der Waals surface area contributed by atoms with Gasteiger partial charge in [-0.05, 0) is 36.3 Å². The van der Waals surface area contributed by atoms with Crippen molar-refractivity contribution in [1.82, 2.24) is 9.62 Å². The number of nitrogens with one attached hydrogen (secondary N) is 1. The van der Waals surface area contributed by atoms with E-state index in [1.807, 2.05) is 37.3 Å². The molecular weight excluding hydrogens is 364 g/mol. The molecule has 2 aromatic carbocycles. The summed E-state index contributed by atoms with van der Waals surface area (Å²) in [6, 6.07) is 14.2. The summed E-state index contributed by atoms with van der Waals surface area (Å²) >= 11 is 0. The number of amides is 1. The largest absolute Gasteiger partial charge is 0.495 e. The molecule has 0 bridgehead atoms. The third kappa shape index (κ3) is 5.18. The molecule has 0 aliphatic carbocycles. The van der Waals surface area contributed by atoms with Gasteiger partial charge in [-0.15, -0.1) is 0 Å². The van der Waals surface area contributed by atoms with Gasteiger partial charge in [0, 0.05) is 20.2 Å². The lowest BCUT2D eigenvalue weighted by Crippen LogP contribution is -2.24. The van der Waals surface area contributed by atoms with E-state index in [1.165, 1.54) is 33.3 Å². The van der Waals surface area contributed by atoms with Crippen LogP contribution in [0, 0.1) is 0 Å². The van der Waals surface area contributed by atoms with Gasteiger partial charge in [0.05, 0.1) is 13.2 Å². The lowest BCUT2D eigenvalue weighted by molar-refractivity contribution is -0.117. The number of rotatable bonds is 7. The lowest BCUT2D eigenvalue weighted by Gasteiger charge is -2.15. The summed E-state index contributed by atoms with van der Waals surface area (Å²) in [7, 11) is 0.661. The zero-order valence-electron chi connectivity index (χ0n) is 15.8. The van der Waals surface area contributed by atoms with Gasteiger partial charge in [0.25, 0.3) is 0 Å². The Balaban J connectivity index is 2.18. The average Bonchev–Trinajstić information content (AvgIpc) is 2.66. The Kier molecular flexibility index (Phi) is 6.76. The maximum Gasteiger partial charge on any atom is 0.246 e. The van der Waals surface area contributed by atoms with Crippen LogP contribution in [0.1, 0.15) is 24.1 Å². The van der Waals surface area contributed by atoms with Gasteiger partial charge in [-0.2, -0.15) is 0 Å². The molecule has 7 heteroatoms. The summed E-state index contributed by atoms with van der Waals surface area (Å²) in [4.78, 5) is 12.2. The first-order valence-corrected chi connectivity index (χ1v) is 9.84. The molecular formula is C20H24N2O4S. The summed E-state index contributed by atoms with van der Waals surface area (Å²) < 4.78 is 31.2. The summed E-state index contributed by atoms with van der Waals surface area (Å²) in [5, 5.41) is 2.88. The van der Waals surface area contributed by atoms with Crippen LogP contribution in [0.2, 0.25) is 0 Å². The fourth-order valence-electron chi connectivity index (χ4n) is 2.45. The molecule has 1 N–H and O–H groups in total. The zero-order chi connectivity index (χ0) is 20.0. The van der Waals surface area contributed by atoms with Crippen LogP contribution in [0.15, 0.2) is 59.5 Å². The van der Waals surface area contributed by atoms with Crippen LogP contribution < -0.4 is 10.1 Å². The number of carbonyl (C=O) groups is 1. The molecule has 0 spiro atoms. The fraction of sp³-hybridized carbons (Fsp3) is 0.250. The molecule has 0 aromatic heterocycles. The zero-order valence-corrected chi connectivity index (χ0v) is 16.7. The fourth-order valence-corrected chi connectivity index (χ4v) is 3.54. The van der Waals surface area contributed by atoms with Crippen molar-refractivity contribution in [2.24, 2.45) is 0 Å². The summed E-state index contributed by atoms with van der Waals surface area (Å²) in [6.07, 6.45) is 2.95. The molecule has 0 unspecified atom stereocenters. The molecule has 0 aliphatic heterocycles. The van der Waals surface area contributed by atoms with Crippen LogP contribution in [0.5, 0.6) is 5.75 Å². The Labute approximate surface area is 160 Å². The average molecular weight is 388 g/mol. The van der Waals surface area contributed by atoms with E-state index < -0.39 is 10.0 Å². The van der Waals surface area contributed by atoms with Crippen LogP contribution in [-0.4, -0.2) is 39.8 Å². The Morgan fingerprint density at radius 2 is 1.81 bits per heavy atom. The number of hydrogen-bond donors (Lipinski definition) is 1. The van der Waals surface area contributed by atoms with Crippen molar-refractivity contribution >= 4 is 22.0 Å². The van der Waals surface area contributed by atoms with E-state index in [1.54, 1.807) is 18.2 Å². The Morgan fingerprint density at radius 1 is 1.15 bits per heavy atom. The van der Waals surface area contributed by atoms with Gasteiger partial charge >= 0.3 is 0 Å². The standard InChI is InChI=1S/C20H24N2O4S/c1-15(17-8-6-5-7-9-17)21-20(23)13-11-16-10-12-18(26-4)19(14-16)27(24,25)22(2)3/h5-15H,1-4H3,(H,21,23)/b13-11+/t15-/m1/s1. The van der Waals surface area contributed by atoms with Crippen LogP contribution >= 0.6 is 0 Å². The van der Waals surface area contributed by atoms with Crippen LogP contribution in [0.25, 0.3) is 6.08 Å². The van der Waals surface area contributed by atoms with Gasteiger partial charge in [0.2, 0.25) is 15.9 Å². The van der Waals surface area contributed by atoms with Crippen molar-refractivity contribution in [3.8, 4) is 5.75 Å². The Hall–Kier alpha value is -2.64. The molecule has 1 amide bonds. The number of methoxy groups -OCH3 is 1. The van der Waals surface area contributed by atoms with Gasteiger partial charge in [-0.3, -0.25) is 4.79 Å². The van der Waals surface area contributed by atoms with Gasteiger partial charge < -0.3 is 10.1 Å². The van der Waals surface area contributed by atoms with Crippen molar-refractivity contribution in [2.45, 2.75) is 17.9 Å². The Morgan fingerprint density at radius 3 is 2.41 bits per heavy atom. The van der Waals surface area contributed by atoms with Crippen molar-refractivity contribution in [3.05, 3.63) is 65.7 Å². The number of ether oxygens (including phenoxy) is 1. The highest BCUT2D eigenvalue weighted by Gasteiger charge is 2.22. The number of hydrogen-bond acceptors (Lipinski definition) is 4. The van der Waals surface area contributed by atoms with E-state index in [-0.39, 0.29) is 22.6 Å². The van der Waals surface area contributed by atoms with Crippen LogP contribution in [0.3, 0.4) is 0 Å². The first kappa shape index (κ1) is 20.7. The quantitative estimate of drug-likeness (QED) is 0.740. The van der Waals surface area contributed by atoms with Crippen molar-refractivity contribution in [2.75, 3.05) is 21.2 Å². The number of benzene rings is 2. The van der Waals surface area contributed by atoms with Gasteiger partial charge in [0.15, 0.2) is 0 Å². The molecule has 0 heterocycles. The predicted molar refractivity (Wildman–Crippen MR) is 106 cm³/mol. The molecule has 6 nitrogen and oxygen atoms in total. The lowest BCUT2D eigenvalue weighted by atomic mass is 10.1. The summed E-state index contributed by atoms with van der Waals surface area (Å²) in [5.41, 5.74) is 1.58. The van der Waals surface area contributed by atoms with Gasteiger partial charge in [-0.1, -0.05) is 36.4 Å². The number of carbonyl (C=O) groups excluding carboxylic acids is 1. The number of sulfonamides is 1. The van der Waals surface area contributed by atoms with E-state index in [0.717, 1.165) is 9.87 Å². The Bertz CT molecular complexity index is 922. The predicted octanol–water partition coefficient (Wildman–Crippen LogP) is 2.84. The SMILES string of the molecule is COc1ccc(/C=C/C(=O)N[C@H](C)c2ccccc2)cc1S(=O)(=O)N(C)C. The normalized spacial score (nSPS) is 12.9. The highest BCUT2D eigenvalue weighted by Crippen LogP contribution is 2.27. The topological polar surface area (TPSA) is 75.7 Å². The molecule has 0 saturated heterocycles. The van der Waals surface area contributed by atoms with E-state index in [9.17, 15) is 13.2 Å². The maximum absolute atomic E-state index is 12.4.